The number of anilines is 1. The Labute approximate surface area is 253 Å². The lowest BCUT2D eigenvalue weighted by molar-refractivity contribution is -0.119. The number of carbonyl (C=O) groups is 2. The van der Waals surface area contributed by atoms with Crippen molar-refractivity contribution in [3.63, 3.8) is 0 Å². The largest absolute Gasteiger partial charge is 0.494 e. The number of fused-ring (bicyclic) bond motifs is 1. The van der Waals surface area contributed by atoms with Crippen LogP contribution in [0.15, 0.2) is 77.8 Å². The average molecular weight is 624 g/mol. The van der Waals surface area contributed by atoms with E-state index in [2.05, 4.69) is 21.8 Å². The van der Waals surface area contributed by atoms with Gasteiger partial charge in [0.25, 0.3) is 0 Å². The Morgan fingerprint density at radius 1 is 0.932 bits per heavy atom. The first kappa shape index (κ1) is 32.6. The average Bonchev–Trinajstić information content (AvgIpc) is 3.31. The van der Waals surface area contributed by atoms with Crippen LogP contribution in [-0.2, 0) is 9.36 Å². The number of nitrogens with one attached hydrogen (secondary N) is 1. The molecule has 0 aliphatic carbocycles. The van der Waals surface area contributed by atoms with E-state index >= 15 is 0 Å². The zero-order valence-electron chi connectivity index (χ0n) is 24.2. The predicted molar refractivity (Wildman–Crippen MR) is 167 cm³/mol. The summed E-state index contributed by atoms with van der Waals surface area (Å²) in [6, 6.07) is 21.6. The maximum Gasteiger partial charge on any atom is 0.466 e. The van der Waals surface area contributed by atoms with E-state index in [4.69, 9.17) is 24.2 Å². The van der Waals surface area contributed by atoms with E-state index in [1.807, 2.05) is 54.6 Å². The molecule has 1 aromatic heterocycles. The second kappa shape index (κ2) is 14.0. The number of likely N-dealkylation sites (N-methyl/N-ethyl adjacent to an activating group) is 2. The molecule has 14 heteroatoms. The zero-order valence-corrected chi connectivity index (χ0v) is 25.1. The molecule has 1 amide bonds. The van der Waals surface area contributed by atoms with E-state index in [-0.39, 0.29) is 17.4 Å². The lowest BCUT2D eigenvalue weighted by atomic mass is 10.00. The molecule has 4 aromatic rings. The topological polar surface area (TPSA) is 190 Å². The van der Waals surface area contributed by atoms with Crippen molar-refractivity contribution >= 4 is 47.7 Å². The van der Waals surface area contributed by atoms with Crippen LogP contribution in [-0.4, -0.2) is 104 Å². The molecule has 6 N–H and O–H groups in total. The van der Waals surface area contributed by atoms with Crippen molar-refractivity contribution in [2.24, 2.45) is 4.99 Å². The number of aromatic carboxylic acids is 1. The maximum absolute atomic E-state index is 12.9. The highest BCUT2D eigenvalue weighted by Crippen LogP contribution is 2.32. The smallest absolute Gasteiger partial charge is 0.466 e. The summed E-state index contributed by atoms with van der Waals surface area (Å²) in [5.74, 6) is -1.11. The third-order valence-corrected chi connectivity index (χ3v) is 7.12. The van der Waals surface area contributed by atoms with Gasteiger partial charge in [0.2, 0.25) is 5.91 Å². The molecule has 1 saturated heterocycles. The highest BCUT2D eigenvalue weighted by molar-refractivity contribution is 7.45. The number of carboxylic acid groups (broad SMARTS) is 1. The second-order valence-electron chi connectivity index (χ2n) is 10.3. The minimum absolute atomic E-state index is 0.0326. The van der Waals surface area contributed by atoms with E-state index in [9.17, 15) is 19.8 Å². The molecule has 0 spiro atoms. The Balaban J connectivity index is 0.000000818. The number of aromatic hydroxyl groups is 1. The molecule has 13 nitrogen and oxygen atoms in total. The van der Waals surface area contributed by atoms with Gasteiger partial charge in [-0.3, -0.25) is 9.69 Å². The van der Waals surface area contributed by atoms with E-state index in [0.29, 0.717) is 34.4 Å². The first-order valence-electron chi connectivity index (χ1n) is 13.6. The summed E-state index contributed by atoms with van der Waals surface area (Å²) < 4.78 is 8.88. The first-order valence-corrected chi connectivity index (χ1v) is 15.1. The Morgan fingerprint density at radius 2 is 1.55 bits per heavy atom. The normalized spacial score (nSPS) is 14.6. The molecule has 0 bridgehead atoms. The Hall–Kier alpha value is -4.36. The molecule has 5 rings (SSSR count). The van der Waals surface area contributed by atoms with Crippen LogP contribution in [0.1, 0.15) is 21.5 Å². The molecular weight excluding hydrogens is 589 g/mol. The molecule has 3 aromatic carbocycles. The summed E-state index contributed by atoms with van der Waals surface area (Å²) >= 11 is 0. The van der Waals surface area contributed by atoms with Crippen LogP contribution >= 0.6 is 7.82 Å². The fourth-order valence-electron chi connectivity index (χ4n) is 4.74. The number of hydrogen-bond acceptors (Lipinski definition) is 7. The van der Waals surface area contributed by atoms with Gasteiger partial charge in [-0.25, -0.2) is 14.4 Å². The van der Waals surface area contributed by atoms with Crippen LogP contribution in [0.2, 0.25) is 0 Å². The van der Waals surface area contributed by atoms with Gasteiger partial charge in [0.1, 0.15) is 0 Å². The summed E-state index contributed by atoms with van der Waals surface area (Å²) in [5.41, 5.74) is 3.85. The summed E-state index contributed by atoms with van der Waals surface area (Å²) in [6.45, 7) is 4.06. The Bertz CT molecular complexity index is 1690. The van der Waals surface area contributed by atoms with Crippen molar-refractivity contribution in [2.75, 3.05) is 51.7 Å². The number of hydrogen-bond donors (Lipinski definition) is 6. The second-order valence-corrected chi connectivity index (χ2v) is 11.3. The third-order valence-electron chi connectivity index (χ3n) is 7.12. The minimum Gasteiger partial charge on any atom is -0.494 e. The number of nitrogens with zero attached hydrogens (tertiary/aromatic N) is 4. The van der Waals surface area contributed by atoms with Crippen molar-refractivity contribution in [3.05, 3.63) is 89.5 Å². The van der Waals surface area contributed by atoms with E-state index in [0.717, 1.165) is 37.4 Å². The Morgan fingerprint density at radius 3 is 2.14 bits per heavy atom. The van der Waals surface area contributed by atoms with Crippen LogP contribution in [0.5, 0.6) is 5.88 Å². The summed E-state index contributed by atoms with van der Waals surface area (Å²) in [4.78, 5) is 59.8. The van der Waals surface area contributed by atoms with Gasteiger partial charge < -0.3 is 39.7 Å². The van der Waals surface area contributed by atoms with Gasteiger partial charge in [-0.2, -0.15) is 0 Å². The van der Waals surface area contributed by atoms with Gasteiger partial charge in [-0.05, 0) is 43.4 Å². The number of benzene rings is 3. The lowest BCUT2D eigenvalue weighted by Gasteiger charge is -2.32. The molecule has 232 valence electrons. The first-order chi connectivity index (χ1) is 20.8. The molecule has 2 heterocycles. The van der Waals surface area contributed by atoms with Crippen LogP contribution in [0, 0.1) is 0 Å². The quantitative estimate of drug-likeness (QED) is 0.132. The fourth-order valence-corrected chi connectivity index (χ4v) is 4.74. The van der Waals surface area contributed by atoms with Gasteiger partial charge in [-0.15, -0.1) is 0 Å². The molecule has 44 heavy (non-hydrogen) atoms. The van der Waals surface area contributed by atoms with Gasteiger partial charge in [0.05, 0.1) is 29.1 Å². The van der Waals surface area contributed by atoms with Crippen molar-refractivity contribution in [2.45, 2.75) is 0 Å². The maximum atomic E-state index is 12.9. The lowest BCUT2D eigenvalue weighted by Crippen LogP contribution is -2.48. The number of phosphoric acid groups is 1. The highest BCUT2D eigenvalue weighted by Gasteiger charge is 2.21. The number of rotatable bonds is 7. The minimum atomic E-state index is -4.64. The van der Waals surface area contributed by atoms with Crippen molar-refractivity contribution in [1.29, 1.82) is 0 Å². The van der Waals surface area contributed by atoms with Crippen molar-refractivity contribution in [3.8, 4) is 5.88 Å². The van der Waals surface area contributed by atoms with Gasteiger partial charge in [0.15, 0.2) is 5.88 Å². The van der Waals surface area contributed by atoms with Crippen LogP contribution in [0.4, 0.5) is 11.4 Å². The highest BCUT2D eigenvalue weighted by atomic mass is 31.2. The molecule has 0 atom stereocenters. The third kappa shape index (κ3) is 8.60. The number of aromatic amines is 1. The molecular formula is C30H34N5O8P. The number of amides is 1. The van der Waals surface area contributed by atoms with Crippen molar-refractivity contribution < 1.29 is 39.0 Å². The predicted octanol–water partition coefficient (Wildman–Crippen LogP) is 3.02. The molecule has 1 aliphatic rings. The summed E-state index contributed by atoms with van der Waals surface area (Å²) in [5, 5.41) is 20.9. The molecule has 0 saturated carbocycles. The number of aliphatic imine (C=N–C) groups is 1. The van der Waals surface area contributed by atoms with Crippen LogP contribution in [0.25, 0.3) is 10.9 Å². The van der Waals surface area contributed by atoms with Crippen LogP contribution in [0.3, 0.4) is 0 Å². The molecule has 1 fully saturated rings. The molecule has 1 aliphatic heterocycles. The fraction of sp³-hybridized carbons (Fsp3) is 0.233. The van der Waals surface area contributed by atoms with Crippen LogP contribution < -0.4 is 4.90 Å². The van der Waals surface area contributed by atoms with E-state index in [1.54, 1.807) is 18.0 Å². The number of aromatic nitrogens is 1. The van der Waals surface area contributed by atoms with Gasteiger partial charge >= 0.3 is 13.8 Å². The summed E-state index contributed by atoms with van der Waals surface area (Å²) in [6.07, 6.45) is 0. The monoisotopic (exact) mass is 623 g/mol. The zero-order chi connectivity index (χ0) is 32.0. The molecule has 0 unspecified atom stereocenters. The number of H-pyrrole nitrogens is 1. The summed E-state index contributed by atoms with van der Waals surface area (Å²) in [7, 11) is -0.769. The van der Waals surface area contributed by atoms with Gasteiger partial charge in [-0.1, -0.05) is 36.4 Å². The number of piperazine rings is 1. The number of carboxylic acids is 1. The van der Waals surface area contributed by atoms with E-state index < -0.39 is 13.8 Å². The number of carbonyl (C=O) groups excluding carboxylic acids is 1. The SMILES string of the molecule is CN1CCN(CC(=O)N(C)c2ccc(N=C(c3ccccc3)c3c(O)[nH]c4cc(C(=O)O)ccc34)cc2)CC1.O=P(O)(O)O. The standard InChI is InChI=1S/C30H31N5O4.H3O4P/c1-33-14-16-35(17-15-33)19-26(36)34(2)23-11-9-22(10-12-23)31-28(20-6-4-3-5-7-20)27-24-13-8-21(30(38)39)18-25(24)32-29(27)37;1-5(2,3)4/h3-13,18,32,37H,14-17,19H2,1-2H3,(H,38,39);(H3,1,2,3,4). The van der Waals surface area contributed by atoms with Crippen molar-refractivity contribution in [1.82, 2.24) is 14.8 Å². The Kier molecular flexibility index (Phi) is 10.3. The van der Waals surface area contributed by atoms with Gasteiger partial charge in [0, 0.05) is 55.4 Å². The van der Waals surface area contributed by atoms with E-state index in [1.165, 1.54) is 12.1 Å². The molecule has 0 radical (unpaired) electrons.